The van der Waals surface area contributed by atoms with Gasteiger partial charge in [-0.3, -0.25) is 4.90 Å². The Morgan fingerprint density at radius 1 is 1.24 bits per heavy atom. The van der Waals surface area contributed by atoms with Gasteiger partial charge in [-0.05, 0) is 36.9 Å². The summed E-state index contributed by atoms with van der Waals surface area (Å²) in [6.45, 7) is 12.2. The molecule has 0 fully saturated rings. The molecule has 2 nitrogen and oxygen atoms in total. The minimum atomic E-state index is 0.308. The van der Waals surface area contributed by atoms with E-state index < -0.39 is 0 Å². The Kier molecular flexibility index (Phi) is 5.14. The molecular weight excluding hydrogens is 228 g/mol. The molecule has 0 aromatic heterocycles. The zero-order valence-electron chi connectivity index (χ0n) is 11.9. The van der Waals surface area contributed by atoms with Crippen molar-refractivity contribution in [2.24, 2.45) is 5.41 Å². The van der Waals surface area contributed by atoms with Gasteiger partial charge in [0.2, 0.25) is 0 Å². The van der Waals surface area contributed by atoms with E-state index in [0.717, 1.165) is 37.3 Å². The Hall–Kier alpha value is -0.410. The summed E-state index contributed by atoms with van der Waals surface area (Å²) in [4.78, 5) is 3.58. The predicted octanol–water partition coefficient (Wildman–Crippen LogP) is 2.99. The fourth-order valence-corrected chi connectivity index (χ4v) is 3.03. The molecule has 0 saturated heterocycles. The second kappa shape index (κ2) is 5.96. The smallest absolute Gasteiger partial charge is 0.0261 e. The Bertz CT molecular complexity index is 314. The number of thiocarbonyl (C=S) groups is 1. The number of allylic oxidation sites excluding steroid dienone is 1. The molecule has 1 N–H and O–H groups in total. The van der Waals surface area contributed by atoms with Gasteiger partial charge in [-0.25, -0.2) is 0 Å². The minimum Gasteiger partial charge on any atom is -0.391 e. The molecule has 0 aliphatic heterocycles. The monoisotopic (exact) mass is 254 g/mol. The number of hydrogen-bond donors (Lipinski definition) is 1. The van der Waals surface area contributed by atoms with E-state index in [1.165, 1.54) is 11.3 Å². The highest BCUT2D eigenvalue weighted by Gasteiger charge is 2.30. The maximum atomic E-state index is 5.61. The molecular formula is C14H26N2S. The summed E-state index contributed by atoms with van der Waals surface area (Å²) < 4.78 is 0. The number of hydrogen-bond acceptors (Lipinski definition) is 3. The average Bonchev–Trinajstić information content (AvgIpc) is 2.26. The average molecular weight is 254 g/mol. The highest BCUT2D eigenvalue weighted by molar-refractivity contribution is 7.80. The van der Waals surface area contributed by atoms with Crippen LogP contribution < -0.4 is 5.32 Å². The maximum Gasteiger partial charge on any atom is 0.0261 e. The zero-order valence-corrected chi connectivity index (χ0v) is 12.7. The van der Waals surface area contributed by atoms with Gasteiger partial charge in [-0.2, -0.15) is 0 Å². The van der Waals surface area contributed by atoms with Gasteiger partial charge in [0.15, 0.2) is 0 Å². The third kappa shape index (κ3) is 3.78. The second-order valence-corrected chi connectivity index (χ2v) is 6.10. The van der Waals surface area contributed by atoms with E-state index >= 15 is 0 Å². The Balaban J connectivity index is 2.92. The zero-order chi connectivity index (χ0) is 13.1. The van der Waals surface area contributed by atoms with Crippen molar-refractivity contribution in [3.8, 4) is 0 Å². The molecule has 0 aromatic carbocycles. The highest BCUT2D eigenvalue weighted by Crippen LogP contribution is 2.36. The molecule has 3 heteroatoms. The van der Waals surface area contributed by atoms with Gasteiger partial charge < -0.3 is 5.32 Å². The van der Waals surface area contributed by atoms with Crippen molar-refractivity contribution in [2.45, 2.75) is 40.5 Å². The molecule has 0 atom stereocenters. The lowest BCUT2D eigenvalue weighted by Crippen LogP contribution is -2.35. The molecule has 0 bridgehead atoms. The fourth-order valence-electron chi connectivity index (χ4n) is 2.45. The summed E-state index contributed by atoms with van der Waals surface area (Å²) in [6, 6.07) is 0. The first-order valence-corrected chi connectivity index (χ1v) is 6.99. The van der Waals surface area contributed by atoms with Crippen LogP contribution in [0.5, 0.6) is 0 Å². The lowest BCUT2D eigenvalue weighted by molar-refractivity contribution is 0.320. The van der Waals surface area contributed by atoms with Gasteiger partial charge in [0.05, 0.1) is 0 Å². The van der Waals surface area contributed by atoms with Crippen molar-refractivity contribution in [2.75, 3.05) is 26.7 Å². The van der Waals surface area contributed by atoms with Gasteiger partial charge in [0, 0.05) is 24.2 Å². The number of nitrogens with one attached hydrogen (secondary N) is 1. The van der Waals surface area contributed by atoms with Crippen LogP contribution in [0.25, 0.3) is 0 Å². The first kappa shape index (κ1) is 14.7. The molecule has 0 heterocycles. The maximum absolute atomic E-state index is 5.61. The van der Waals surface area contributed by atoms with E-state index in [1.807, 2.05) is 7.05 Å². The lowest BCUT2D eigenvalue weighted by atomic mass is 9.76. The van der Waals surface area contributed by atoms with Crippen LogP contribution in [0.2, 0.25) is 0 Å². The van der Waals surface area contributed by atoms with Crippen LogP contribution >= 0.6 is 12.2 Å². The van der Waals surface area contributed by atoms with Crippen molar-refractivity contribution >= 4 is 17.1 Å². The number of rotatable bonds is 5. The molecule has 0 amide bonds. The molecule has 17 heavy (non-hydrogen) atoms. The molecule has 98 valence electrons. The summed E-state index contributed by atoms with van der Waals surface area (Å²) in [7, 11) is 2.02. The third-order valence-electron chi connectivity index (χ3n) is 3.57. The SMILES string of the molecule is CCN(CC)CC1=C(NC)CC(C)(C)CC1=S. The number of nitrogens with zero attached hydrogens (tertiary/aromatic N) is 1. The molecule has 0 aromatic rings. The Labute approximate surface area is 111 Å². The quantitative estimate of drug-likeness (QED) is 0.759. The van der Waals surface area contributed by atoms with E-state index in [2.05, 4.69) is 37.9 Å². The van der Waals surface area contributed by atoms with Gasteiger partial charge in [0.1, 0.15) is 0 Å². The van der Waals surface area contributed by atoms with Gasteiger partial charge >= 0.3 is 0 Å². The number of likely N-dealkylation sites (N-methyl/N-ethyl adjacent to an activating group) is 1. The largest absolute Gasteiger partial charge is 0.391 e. The van der Waals surface area contributed by atoms with Crippen LogP contribution in [0.3, 0.4) is 0 Å². The highest BCUT2D eigenvalue weighted by atomic mass is 32.1. The summed E-state index contributed by atoms with van der Waals surface area (Å²) >= 11 is 5.61. The van der Waals surface area contributed by atoms with Crippen molar-refractivity contribution in [1.29, 1.82) is 0 Å². The lowest BCUT2D eigenvalue weighted by Gasteiger charge is -2.35. The van der Waals surface area contributed by atoms with Crippen LogP contribution in [-0.4, -0.2) is 36.4 Å². The van der Waals surface area contributed by atoms with E-state index in [0.29, 0.717) is 5.41 Å². The fraction of sp³-hybridized carbons (Fsp3) is 0.786. The van der Waals surface area contributed by atoms with E-state index in [4.69, 9.17) is 12.2 Å². The second-order valence-electron chi connectivity index (χ2n) is 5.61. The molecule has 1 rings (SSSR count). The van der Waals surface area contributed by atoms with Crippen molar-refractivity contribution < 1.29 is 0 Å². The van der Waals surface area contributed by atoms with Crippen molar-refractivity contribution in [3.05, 3.63) is 11.3 Å². The molecule has 0 radical (unpaired) electrons. The van der Waals surface area contributed by atoms with Crippen LogP contribution in [0.1, 0.15) is 40.5 Å². The predicted molar refractivity (Wildman–Crippen MR) is 79.5 cm³/mol. The van der Waals surface area contributed by atoms with E-state index in [9.17, 15) is 0 Å². The first-order chi connectivity index (χ1) is 7.93. The van der Waals surface area contributed by atoms with Crippen LogP contribution in [0.4, 0.5) is 0 Å². The standard InChI is InChI=1S/C14H26N2S/c1-6-16(7-2)10-11-12(15-5)8-14(3,4)9-13(11)17/h15H,6-10H2,1-5H3. The van der Waals surface area contributed by atoms with Gasteiger partial charge in [-0.15, -0.1) is 0 Å². The summed E-state index contributed by atoms with van der Waals surface area (Å²) in [6.07, 6.45) is 2.16. The molecule has 1 aliphatic carbocycles. The first-order valence-electron chi connectivity index (χ1n) is 6.58. The van der Waals surface area contributed by atoms with E-state index in [-0.39, 0.29) is 0 Å². The van der Waals surface area contributed by atoms with Gasteiger partial charge in [-0.1, -0.05) is 39.9 Å². The van der Waals surface area contributed by atoms with Gasteiger partial charge in [0.25, 0.3) is 0 Å². The normalized spacial score (nSPS) is 20.0. The van der Waals surface area contributed by atoms with E-state index in [1.54, 1.807) is 0 Å². The summed E-state index contributed by atoms with van der Waals surface area (Å²) in [5.74, 6) is 0. The van der Waals surface area contributed by atoms with Crippen LogP contribution in [0, 0.1) is 5.41 Å². The Morgan fingerprint density at radius 3 is 2.29 bits per heavy atom. The van der Waals surface area contributed by atoms with Crippen LogP contribution in [-0.2, 0) is 0 Å². The molecule has 0 unspecified atom stereocenters. The Morgan fingerprint density at radius 2 is 1.82 bits per heavy atom. The third-order valence-corrected chi connectivity index (χ3v) is 3.96. The topological polar surface area (TPSA) is 15.3 Å². The van der Waals surface area contributed by atoms with Crippen LogP contribution in [0.15, 0.2) is 11.3 Å². The molecule has 1 aliphatic rings. The summed E-state index contributed by atoms with van der Waals surface area (Å²) in [5.41, 5.74) is 3.02. The summed E-state index contributed by atoms with van der Waals surface area (Å²) in [5, 5.41) is 3.36. The molecule has 0 spiro atoms. The minimum absolute atomic E-state index is 0.308. The van der Waals surface area contributed by atoms with Crippen molar-refractivity contribution in [1.82, 2.24) is 10.2 Å². The van der Waals surface area contributed by atoms with Crippen molar-refractivity contribution in [3.63, 3.8) is 0 Å². The molecule has 0 saturated carbocycles.